The molecule has 19 heavy (non-hydrogen) atoms. The lowest BCUT2D eigenvalue weighted by atomic mass is 9.94. The van der Waals surface area contributed by atoms with Crippen LogP contribution >= 0.6 is 0 Å². The number of carbonyl (C=O) groups is 2. The Kier molecular flexibility index (Phi) is 5.55. The molecule has 0 heterocycles. The first-order valence-electron chi connectivity index (χ1n) is 6.49. The number of carbonyl (C=O) groups excluding carboxylic acids is 1. The molecule has 1 amide bonds. The minimum atomic E-state index is -1.04. The van der Waals surface area contributed by atoms with Gasteiger partial charge in [-0.25, -0.2) is 4.79 Å². The van der Waals surface area contributed by atoms with Gasteiger partial charge in [0.2, 0.25) is 5.91 Å². The van der Waals surface area contributed by atoms with Crippen LogP contribution in [0, 0.1) is 11.8 Å². The molecule has 0 spiro atoms. The Balaban J connectivity index is 2.70. The molecule has 104 valence electrons. The van der Waals surface area contributed by atoms with Crippen molar-refractivity contribution >= 4 is 11.9 Å². The van der Waals surface area contributed by atoms with Gasteiger partial charge in [0.1, 0.15) is 0 Å². The summed E-state index contributed by atoms with van der Waals surface area (Å²) in [5.41, 5.74) is 0.584. The van der Waals surface area contributed by atoms with Gasteiger partial charge in [-0.3, -0.25) is 4.79 Å². The fourth-order valence-electron chi connectivity index (χ4n) is 1.68. The molecule has 4 nitrogen and oxygen atoms in total. The smallest absolute Gasteiger partial charge is 0.330 e. The second-order valence-corrected chi connectivity index (χ2v) is 5.17. The van der Waals surface area contributed by atoms with Crippen molar-refractivity contribution < 1.29 is 14.7 Å². The number of aliphatic carboxylic acids is 1. The normalized spacial score (nSPS) is 13.9. The summed E-state index contributed by atoms with van der Waals surface area (Å²) in [6.07, 6.45) is 0.342. The highest BCUT2D eigenvalue weighted by molar-refractivity contribution is 5.84. The summed E-state index contributed by atoms with van der Waals surface area (Å²) in [7, 11) is 0. The summed E-state index contributed by atoms with van der Waals surface area (Å²) in [5.74, 6) is -0.648. The van der Waals surface area contributed by atoms with E-state index in [4.69, 9.17) is 0 Å². The number of hydrogen-bond donors (Lipinski definition) is 2. The molecule has 0 aromatic heterocycles. The Morgan fingerprint density at radius 2 is 1.74 bits per heavy atom. The highest BCUT2D eigenvalue weighted by atomic mass is 16.4. The van der Waals surface area contributed by atoms with Crippen molar-refractivity contribution in [1.29, 1.82) is 0 Å². The summed E-state index contributed by atoms with van der Waals surface area (Å²) in [6.45, 7) is 6.08. The van der Waals surface area contributed by atoms with E-state index in [0.717, 1.165) is 0 Å². The molecule has 2 atom stereocenters. The first kappa shape index (κ1) is 15.2. The van der Waals surface area contributed by atoms with E-state index in [9.17, 15) is 14.7 Å². The molecule has 1 rings (SSSR count). The van der Waals surface area contributed by atoms with Crippen molar-refractivity contribution in [3.05, 3.63) is 35.9 Å². The van der Waals surface area contributed by atoms with E-state index in [1.54, 1.807) is 24.3 Å². The molecular weight excluding hydrogens is 242 g/mol. The maximum absolute atomic E-state index is 11.9. The Hall–Kier alpha value is -1.84. The van der Waals surface area contributed by atoms with Crippen LogP contribution in [0.3, 0.4) is 0 Å². The van der Waals surface area contributed by atoms with Crippen molar-refractivity contribution in [2.45, 2.75) is 33.2 Å². The van der Waals surface area contributed by atoms with Crippen LogP contribution in [0.2, 0.25) is 0 Å². The molecule has 0 bridgehead atoms. The first-order chi connectivity index (χ1) is 8.91. The molecule has 0 aliphatic carbocycles. The van der Waals surface area contributed by atoms with Crippen LogP contribution in [0.1, 0.15) is 38.8 Å². The maximum atomic E-state index is 11.9. The summed E-state index contributed by atoms with van der Waals surface area (Å²) >= 11 is 0. The van der Waals surface area contributed by atoms with Crippen LogP contribution in [0.15, 0.2) is 30.3 Å². The first-order valence-corrected chi connectivity index (χ1v) is 6.49. The molecule has 2 N–H and O–H groups in total. The van der Waals surface area contributed by atoms with E-state index in [1.165, 1.54) is 0 Å². The second kappa shape index (κ2) is 6.92. The van der Waals surface area contributed by atoms with Crippen molar-refractivity contribution in [3.63, 3.8) is 0 Å². The number of carboxylic acid groups (broad SMARTS) is 1. The number of rotatable bonds is 6. The molecule has 0 aliphatic heterocycles. The van der Waals surface area contributed by atoms with Crippen LogP contribution < -0.4 is 5.32 Å². The number of benzene rings is 1. The third kappa shape index (κ3) is 4.73. The summed E-state index contributed by atoms with van der Waals surface area (Å²) in [4.78, 5) is 23.1. The average molecular weight is 263 g/mol. The summed E-state index contributed by atoms with van der Waals surface area (Å²) in [6, 6.07) is 7.75. The van der Waals surface area contributed by atoms with Crippen molar-refractivity contribution in [2.24, 2.45) is 11.8 Å². The topological polar surface area (TPSA) is 66.4 Å². The Morgan fingerprint density at radius 3 is 2.21 bits per heavy atom. The van der Waals surface area contributed by atoms with Gasteiger partial charge in [-0.1, -0.05) is 51.1 Å². The third-order valence-electron chi connectivity index (χ3n) is 3.33. The quantitative estimate of drug-likeness (QED) is 0.829. The lowest BCUT2D eigenvalue weighted by Gasteiger charge is -2.18. The summed E-state index contributed by atoms with van der Waals surface area (Å²) in [5, 5.41) is 11.8. The van der Waals surface area contributed by atoms with E-state index >= 15 is 0 Å². The van der Waals surface area contributed by atoms with E-state index in [-0.39, 0.29) is 11.8 Å². The highest BCUT2D eigenvalue weighted by Crippen LogP contribution is 2.16. The number of amides is 1. The van der Waals surface area contributed by atoms with E-state index in [1.807, 2.05) is 26.8 Å². The Bertz CT molecular complexity index is 428. The van der Waals surface area contributed by atoms with E-state index < -0.39 is 12.0 Å². The zero-order valence-electron chi connectivity index (χ0n) is 11.6. The Morgan fingerprint density at radius 1 is 1.16 bits per heavy atom. The predicted molar refractivity (Wildman–Crippen MR) is 73.6 cm³/mol. The highest BCUT2D eigenvalue weighted by Gasteiger charge is 2.23. The van der Waals surface area contributed by atoms with Gasteiger partial charge >= 0.3 is 5.97 Å². The number of hydrogen-bond acceptors (Lipinski definition) is 2. The second-order valence-electron chi connectivity index (χ2n) is 5.17. The molecular formula is C15H21NO3. The van der Waals surface area contributed by atoms with Gasteiger partial charge in [0.05, 0.1) is 0 Å². The largest absolute Gasteiger partial charge is 0.479 e. The average Bonchev–Trinajstić information content (AvgIpc) is 2.36. The van der Waals surface area contributed by atoms with Crippen LogP contribution in [0.4, 0.5) is 0 Å². The van der Waals surface area contributed by atoms with Gasteiger partial charge in [0.25, 0.3) is 0 Å². The van der Waals surface area contributed by atoms with Crippen LogP contribution in [-0.4, -0.2) is 17.0 Å². The lowest BCUT2D eigenvalue weighted by molar-refractivity contribution is -0.142. The number of carboxylic acids is 1. The fraction of sp³-hybridized carbons (Fsp3) is 0.467. The van der Waals surface area contributed by atoms with Gasteiger partial charge in [0, 0.05) is 6.42 Å². The van der Waals surface area contributed by atoms with E-state index in [2.05, 4.69) is 5.32 Å². The Labute approximate surface area is 113 Å². The molecule has 1 aromatic carbocycles. The maximum Gasteiger partial charge on any atom is 0.330 e. The van der Waals surface area contributed by atoms with Crippen molar-refractivity contribution in [1.82, 2.24) is 5.32 Å². The third-order valence-corrected chi connectivity index (χ3v) is 3.33. The fourth-order valence-corrected chi connectivity index (χ4v) is 1.68. The van der Waals surface area contributed by atoms with Gasteiger partial charge in [-0.15, -0.1) is 0 Å². The molecule has 0 radical (unpaired) electrons. The molecule has 1 unspecified atom stereocenters. The van der Waals surface area contributed by atoms with Crippen molar-refractivity contribution in [2.75, 3.05) is 0 Å². The minimum Gasteiger partial charge on any atom is -0.479 e. The van der Waals surface area contributed by atoms with Gasteiger partial charge in [0.15, 0.2) is 6.04 Å². The predicted octanol–water partition coefficient (Wildman–Crippen LogP) is 2.61. The number of nitrogens with one attached hydrogen (secondary N) is 1. The summed E-state index contributed by atoms with van der Waals surface area (Å²) < 4.78 is 0. The molecule has 0 saturated carbocycles. The zero-order chi connectivity index (χ0) is 14.4. The molecule has 0 fully saturated rings. The van der Waals surface area contributed by atoms with Gasteiger partial charge < -0.3 is 10.4 Å². The van der Waals surface area contributed by atoms with E-state index in [0.29, 0.717) is 17.9 Å². The van der Waals surface area contributed by atoms with Crippen LogP contribution in [0.5, 0.6) is 0 Å². The van der Waals surface area contributed by atoms with Gasteiger partial charge in [-0.05, 0) is 17.4 Å². The standard InChI is InChI=1S/C15H21NO3/c1-10(2)11(3)9-13(17)16-14(15(18)19)12-7-5-4-6-8-12/h4-8,10-11,14H,9H2,1-3H3,(H,16,17)(H,18,19)/t11?,14-/m0/s1. The van der Waals surface area contributed by atoms with Crippen LogP contribution in [0.25, 0.3) is 0 Å². The van der Waals surface area contributed by atoms with Gasteiger partial charge in [-0.2, -0.15) is 0 Å². The monoisotopic (exact) mass is 263 g/mol. The SMILES string of the molecule is CC(C)C(C)CC(=O)N[C@H](C(=O)O)c1ccccc1. The van der Waals surface area contributed by atoms with Crippen molar-refractivity contribution in [3.8, 4) is 0 Å². The zero-order valence-corrected chi connectivity index (χ0v) is 11.6. The van der Waals surface area contributed by atoms with Crippen LogP contribution in [-0.2, 0) is 9.59 Å². The minimum absolute atomic E-state index is 0.225. The molecule has 0 saturated heterocycles. The molecule has 4 heteroatoms. The molecule has 1 aromatic rings. The molecule has 0 aliphatic rings. The lowest BCUT2D eigenvalue weighted by Crippen LogP contribution is -2.34.